The Labute approximate surface area is 189 Å². The summed E-state index contributed by atoms with van der Waals surface area (Å²) < 4.78 is 31.8. The summed E-state index contributed by atoms with van der Waals surface area (Å²) >= 11 is 1.66. The number of hydrogen-bond acceptors (Lipinski definition) is 6. The maximum Gasteiger partial charge on any atom is 0.216 e. The van der Waals surface area contributed by atoms with Crippen LogP contribution < -0.4 is 5.32 Å². The topological polar surface area (TPSA) is 87.1 Å². The standard InChI is InChI=1S/C17H31N5O3S2.HI/c1-14(2)25-11-12-27(23,24)22-9-7-21(8-10-22)17(18-4)19-6-5-16-13-26-15(3)20-16;/h13-14H,5-12H2,1-4H3,(H,18,19);1H. The SMILES string of the molecule is CN=C(NCCc1csc(C)n1)N1CCN(S(=O)(=O)CCOC(C)C)CC1.I. The molecule has 1 aliphatic rings. The monoisotopic (exact) mass is 545 g/mol. The largest absolute Gasteiger partial charge is 0.378 e. The number of piperazine rings is 1. The van der Waals surface area contributed by atoms with Crippen molar-refractivity contribution >= 4 is 51.3 Å². The third-order valence-electron chi connectivity index (χ3n) is 4.27. The number of nitrogens with one attached hydrogen (secondary N) is 1. The van der Waals surface area contributed by atoms with Gasteiger partial charge in [0.25, 0.3) is 0 Å². The van der Waals surface area contributed by atoms with Crippen molar-refractivity contribution in [2.45, 2.75) is 33.3 Å². The molecule has 162 valence electrons. The van der Waals surface area contributed by atoms with E-state index >= 15 is 0 Å². The van der Waals surface area contributed by atoms with Gasteiger partial charge in [0.1, 0.15) is 0 Å². The molecule has 1 fully saturated rings. The number of rotatable bonds is 8. The van der Waals surface area contributed by atoms with E-state index in [0.29, 0.717) is 26.2 Å². The molecule has 1 aromatic heterocycles. The van der Waals surface area contributed by atoms with Gasteiger partial charge in [-0.25, -0.2) is 13.4 Å². The first kappa shape index (κ1) is 25.5. The van der Waals surface area contributed by atoms with Crippen LogP contribution in [-0.2, 0) is 21.2 Å². The zero-order valence-electron chi connectivity index (χ0n) is 17.0. The minimum absolute atomic E-state index is 0. The van der Waals surface area contributed by atoms with Gasteiger partial charge in [-0.15, -0.1) is 35.3 Å². The molecule has 1 aliphatic heterocycles. The number of guanidine groups is 1. The summed E-state index contributed by atoms with van der Waals surface area (Å²) in [6.07, 6.45) is 0.882. The van der Waals surface area contributed by atoms with E-state index in [0.717, 1.165) is 29.6 Å². The average Bonchev–Trinajstić information content (AvgIpc) is 3.03. The van der Waals surface area contributed by atoms with Gasteiger partial charge in [-0.3, -0.25) is 4.99 Å². The number of aromatic nitrogens is 1. The van der Waals surface area contributed by atoms with Crippen LogP contribution in [0.2, 0.25) is 0 Å². The van der Waals surface area contributed by atoms with Crippen molar-refractivity contribution in [3.05, 3.63) is 16.1 Å². The van der Waals surface area contributed by atoms with Crippen molar-refractivity contribution in [2.24, 2.45) is 4.99 Å². The number of ether oxygens (including phenoxy) is 1. The molecular weight excluding hydrogens is 513 g/mol. The lowest BCUT2D eigenvalue weighted by atomic mass is 10.3. The van der Waals surface area contributed by atoms with Crippen LogP contribution >= 0.6 is 35.3 Å². The molecule has 0 bridgehead atoms. The number of hydrogen-bond donors (Lipinski definition) is 1. The van der Waals surface area contributed by atoms with Gasteiger partial charge in [-0.1, -0.05) is 0 Å². The van der Waals surface area contributed by atoms with Gasteiger partial charge < -0.3 is 15.0 Å². The first-order chi connectivity index (χ1) is 12.8. The average molecular weight is 546 g/mol. The second-order valence-electron chi connectivity index (χ2n) is 6.70. The maximum atomic E-state index is 12.4. The zero-order chi connectivity index (χ0) is 19.9. The number of aryl methyl sites for hydroxylation is 1. The second kappa shape index (κ2) is 12.3. The fraction of sp³-hybridized carbons (Fsp3) is 0.765. The number of aliphatic imine (C=N–C) groups is 1. The highest BCUT2D eigenvalue weighted by Crippen LogP contribution is 2.10. The number of sulfonamides is 1. The zero-order valence-corrected chi connectivity index (χ0v) is 21.0. The molecule has 1 saturated heterocycles. The van der Waals surface area contributed by atoms with Gasteiger partial charge in [0.2, 0.25) is 10.0 Å². The first-order valence-corrected chi connectivity index (χ1v) is 11.8. The summed E-state index contributed by atoms with van der Waals surface area (Å²) in [5.41, 5.74) is 1.08. The summed E-state index contributed by atoms with van der Waals surface area (Å²) in [4.78, 5) is 10.9. The molecule has 0 saturated carbocycles. The van der Waals surface area contributed by atoms with Gasteiger partial charge in [0.15, 0.2) is 5.96 Å². The Balaban J connectivity index is 0.00000392. The van der Waals surface area contributed by atoms with Crippen molar-refractivity contribution in [1.82, 2.24) is 19.5 Å². The maximum absolute atomic E-state index is 12.4. The van der Waals surface area contributed by atoms with Crippen molar-refractivity contribution in [3.8, 4) is 0 Å². The molecule has 0 unspecified atom stereocenters. The molecule has 28 heavy (non-hydrogen) atoms. The van der Waals surface area contributed by atoms with E-state index in [1.165, 1.54) is 0 Å². The van der Waals surface area contributed by atoms with E-state index in [2.05, 4.69) is 25.6 Å². The predicted octanol–water partition coefficient (Wildman–Crippen LogP) is 1.56. The molecule has 11 heteroatoms. The van der Waals surface area contributed by atoms with Crippen molar-refractivity contribution in [1.29, 1.82) is 0 Å². The Morgan fingerprint density at radius 2 is 2.04 bits per heavy atom. The van der Waals surface area contributed by atoms with Gasteiger partial charge in [0.05, 0.1) is 29.2 Å². The van der Waals surface area contributed by atoms with Crippen molar-refractivity contribution in [3.63, 3.8) is 0 Å². The van der Waals surface area contributed by atoms with Crippen LogP contribution in [0.3, 0.4) is 0 Å². The van der Waals surface area contributed by atoms with E-state index in [4.69, 9.17) is 4.74 Å². The van der Waals surface area contributed by atoms with Gasteiger partial charge >= 0.3 is 0 Å². The third kappa shape index (κ3) is 8.09. The van der Waals surface area contributed by atoms with Gasteiger partial charge in [-0.2, -0.15) is 4.31 Å². The van der Waals surface area contributed by atoms with Crippen LogP contribution in [0.5, 0.6) is 0 Å². The Morgan fingerprint density at radius 3 is 2.57 bits per heavy atom. The smallest absolute Gasteiger partial charge is 0.216 e. The van der Waals surface area contributed by atoms with Crippen molar-refractivity contribution in [2.75, 3.05) is 52.1 Å². The molecular formula is C17H32IN5O3S2. The summed E-state index contributed by atoms with van der Waals surface area (Å²) in [5, 5.41) is 6.50. The van der Waals surface area contributed by atoms with E-state index in [9.17, 15) is 8.42 Å². The summed E-state index contributed by atoms with van der Waals surface area (Å²) in [5.74, 6) is 0.840. The molecule has 1 aromatic rings. The Kier molecular flexibility index (Phi) is 11.2. The lowest BCUT2D eigenvalue weighted by Crippen LogP contribution is -2.54. The quantitative estimate of drug-likeness (QED) is 0.303. The fourth-order valence-electron chi connectivity index (χ4n) is 2.85. The van der Waals surface area contributed by atoms with E-state index in [1.54, 1.807) is 22.7 Å². The van der Waals surface area contributed by atoms with Crippen molar-refractivity contribution < 1.29 is 13.2 Å². The first-order valence-electron chi connectivity index (χ1n) is 9.28. The molecule has 8 nitrogen and oxygen atoms in total. The summed E-state index contributed by atoms with van der Waals surface area (Å²) in [7, 11) is -1.52. The lowest BCUT2D eigenvalue weighted by molar-refractivity contribution is 0.0904. The van der Waals surface area contributed by atoms with Crippen LogP contribution in [0.1, 0.15) is 24.5 Å². The Morgan fingerprint density at radius 1 is 1.36 bits per heavy atom. The van der Waals surface area contributed by atoms with Gasteiger partial charge in [-0.05, 0) is 20.8 Å². The highest BCUT2D eigenvalue weighted by molar-refractivity contribution is 14.0. The second-order valence-corrected chi connectivity index (χ2v) is 9.85. The number of halogens is 1. The summed E-state index contributed by atoms with van der Waals surface area (Å²) in [6.45, 7) is 8.98. The molecule has 0 atom stereocenters. The molecule has 2 heterocycles. The Bertz CT molecular complexity index is 716. The molecule has 0 spiro atoms. The molecule has 1 N–H and O–H groups in total. The Hall–Kier alpha value is -0.500. The van der Waals surface area contributed by atoms with E-state index in [1.807, 2.05) is 20.8 Å². The highest BCUT2D eigenvalue weighted by atomic mass is 127. The van der Waals surface area contributed by atoms with E-state index in [-0.39, 0.29) is 42.4 Å². The van der Waals surface area contributed by atoms with Crippen LogP contribution in [0.15, 0.2) is 10.4 Å². The molecule has 2 rings (SSSR count). The highest BCUT2D eigenvalue weighted by Gasteiger charge is 2.27. The summed E-state index contributed by atoms with van der Waals surface area (Å²) in [6, 6.07) is 0. The predicted molar refractivity (Wildman–Crippen MR) is 125 cm³/mol. The number of nitrogens with zero attached hydrogens (tertiary/aromatic N) is 4. The normalized spacial score (nSPS) is 16.3. The molecule has 0 aromatic carbocycles. The van der Waals surface area contributed by atoms with Crippen LogP contribution in [0.4, 0.5) is 0 Å². The minimum Gasteiger partial charge on any atom is -0.378 e. The third-order valence-corrected chi connectivity index (χ3v) is 6.92. The molecule has 0 aliphatic carbocycles. The lowest BCUT2D eigenvalue weighted by Gasteiger charge is -2.35. The minimum atomic E-state index is -3.27. The molecule has 0 radical (unpaired) electrons. The van der Waals surface area contributed by atoms with Crippen LogP contribution in [0, 0.1) is 6.92 Å². The van der Waals surface area contributed by atoms with Crippen LogP contribution in [-0.4, -0.2) is 86.8 Å². The van der Waals surface area contributed by atoms with E-state index < -0.39 is 10.0 Å². The van der Waals surface area contributed by atoms with Gasteiger partial charge in [0, 0.05) is 51.6 Å². The fourth-order valence-corrected chi connectivity index (χ4v) is 4.79. The molecule has 0 amide bonds. The number of thiazole rings is 1. The van der Waals surface area contributed by atoms with Crippen LogP contribution in [0.25, 0.3) is 0 Å².